The van der Waals surface area contributed by atoms with Crippen molar-refractivity contribution in [3.63, 3.8) is 0 Å². The number of aliphatic hydroxyl groups excluding tert-OH is 1. The number of esters is 4. The average Bonchev–Trinajstić information content (AvgIpc) is 0.923. The number of carbonyl (C=O) groups is 4. The van der Waals surface area contributed by atoms with Crippen LogP contribution in [0.1, 0.15) is 285 Å². The Labute approximate surface area is 653 Å². The number of hydrogen-bond acceptors (Lipinski definition) is 15. The Bertz CT molecular complexity index is 2810. The van der Waals surface area contributed by atoms with Crippen LogP contribution >= 0.6 is 15.6 Å². The van der Waals surface area contributed by atoms with Crippen molar-refractivity contribution in [3.8, 4) is 0 Å². The van der Waals surface area contributed by atoms with E-state index in [2.05, 4.69) is 198 Å². The second-order valence-corrected chi connectivity index (χ2v) is 29.1. The highest BCUT2D eigenvalue weighted by molar-refractivity contribution is 7.47. The lowest BCUT2D eigenvalue weighted by molar-refractivity contribution is -0.161. The van der Waals surface area contributed by atoms with Gasteiger partial charge in [-0.25, -0.2) is 9.13 Å². The summed E-state index contributed by atoms with van der Waals surface area (Å²) >= 11 is 0. The van der Waals surface area contributed by atoms with Crippen molar-refractivity contribution < 1.29 is 80.2 Å². The number of phosphoric ester groups is 2. The van der Waals surface area contributed by atoms with Crippen molar-refractivity contribution in [1.82, 2.24) is 0 Å². The van der Waals surface area contributed by atoms with E-state index < -0.39 is 97.5 Å². The summed E-state index contributed by atoms with van der Waals surface area (Å²) in [7, 11) is -10.0. The van der Waals surface area contributed by atoms with Crippen LogP contribution in [-0.2, 0) is 65.4 Å². The smallest absolute Gasteiger partial charge is 0.462 e. The number of aliphatic hydroxyl groups is 1. The lowest BCUT2D eigenvalue weighted by atomic mass is 10.1. The van der Waals surface area contributed by atoms with Crippen molar-refractivity contribution in [3.05, 3.63) is 194 Å². The Morgan fingerprint density at radius 3 is 0.833 bits per heavy atom. The molecule has 0 radical (unpaired) electrons. The van der Waals surface area contributed by atoms with Crippen LogP contribution in [0.5, 0.6) is 0 Å². The highest BCUT2D eigenvalue weighted by Gasteiger charge is 2.30. The molecule has 0 saturated heterocycles. The van der Waals surface area contributed by atoms with Crippen LogP contribution in [0.4, 0.5) is 0 Å². The van der Waals surface area contributed by atoms with E-state index in [1.54, 1.807) is 0 Å². The van der Waals surface area contributed by atoms with Crippen LogP contribution in [0.3, 0.4) is 0 Å². The number of hydrogen-bond donors (Lipinski definition) is 3. The highest BCUT2D eigenvalue weighted by Crippen LogP contribution is 2.45. The molecular formula is C89H142O17P2. The molecular weight excluding hydrogens is 1400 g/mol. The maximum absolute atomic E-state index is 13.1. The second kappa shape index (κ2) is 79.0. The normalized spacial score (nSPS) is 14.8. The van der Waals surface area contributed by atoms with Gasteiger partial charge in [0, 0.05) is 25.7 Å². The van der Waals surface area contributed by atoms with E-state index in [-0.39, 0.29) is 25.7 Å². The molecule has 0 spiro atoms. The lowest BCUT2D eigenvalue weighted by Crippen LogP contribution is -2.30. The molecule has 0 aliphatic carbocycles. The van der Waals surface area contributed by atoms with Crippen molar-refractivity contribution in [2.45, 2.75) is 303 Å². The molecule has 0 rings (SSSR count). The summed E-state index contributed by atoms with van der Waals surface area (Å²) in [5.74, 6) is -2.39. The summed E-state index contributed by atoms with van der Waals surface area (Å²) in [5, 5.41) is 10.7. The average molecular weight is 1550 g/mol. The SMILES string of the molecule is CC/C=C\C/C=C\C/C=C\C/C=C\C/C=C\C/C=C\CCC(=O)OCC(COP(=O)(O)OCC(O)COP(=O)(O)OCC(COC(=O)CCCCC/C=C\C/C=C\C/C=C\C/C=C\C/C=C\CC)OC(=O)CCCCCCC/C=C\CCCCCCCC)OC(=O)CCCC/C=C\C/C=C\C/C=C\C/C=C\CC. The van der Waals surface area contributed by atoms with Crippen molar-refractivity contribution >= 4 is 39.5 Å². The van der Waals surface area contributed by atoms with Crippen molar-refractivity contribution in [1.29, 1.82) is 0 Å². The molecule has 0 saturated carbocycles. The molecule has 108 heavy (non-hydrogen) atoms. The van der Waals surface area contributed by atoms with Gasteiger partial charge in [-0.15, -0.1) is 0 Å². The third-order valence-electron chi connectivity index (χ3n) is 16.0. The maximum Gasteiger partial charge on any atom is 0.472 e. The Balaban J connectivity index is 5.52. The number of allylic oxidation sites excluding steroid dienone is 32. The van der Waals surface area contributed by atoms with Crippen molar-refractivity contribution in [2.24, 2.45) is 0 Å². The first-order valence-electron chi connectivity index (χ1n) is 40.7. The number of unbranched alkanes of at least 4 members (excludes halogenated alkanes) is 16. The van der Waals surface area contributed by atoms with Gasteiger partial charge in [0.15, 0.2) is 12.2 Å². The van der Waals surface area contributed by atoms with Gasteiger partial charge in [0.1, 0.15) is 19.3 Å². The molecule has 0 fully saturated rings. The van der Waals surface area contributed by atoms with E-state index in [0.29, 0.717) is 38.5 Å². The number of phosphoric acid groups is 2. The quantitative estimate of drug-likeness (QED) is 0.0169. The molecule has 19 heteroatoms. The highest BCUT2D eigenvalue weighted by atomic mass is 31.2. The minimum absolute atomic E-state index is 0.0181. The van der Waals surface area contributed by atoms with E-state index in [4.69, 9.17) is 37.0 Å². The fraction of sp³-hybridized carbons (Fsp3) is 0.596. The van der Waals surface area contributed by atoms with Crippen LogP contribution in [0.15, 0.2) is 194 Å². The number of carbonyl (C=O) groups excluding carboxylic acids is 4. The summed E-state index contributed by atoms with van der Waals surface area (Å²) in [6.07, 6.45) is 97.1. The van der Waals surface area contributed by atoms with Gasteiger partial charge < -0.3 is 33.8 Å². The molecule has 610 valence electrons. The molecule has 5 unspecified atom stereocenters. The first kappa shape index (κ1) is 102. The van der Waals surface area contributed by atoms with Crippen LogP contribution in [-0.4, -0.2) is 96.7 Å². The molecule has 0 aromatic carbocycles. The van der Waals surface area contributed by atoms with Crippen LogP contribution < -0.4 is 0 Å². The van der Waals surface area contributed by atoms with E-state index >= 15 is 0 Å². The van der Waals surface area contributed by atoms with E-state index in [9.17, 15) is 43.2 Å². The predicted molar refractivity (Wildman–Crippen MR) is 445 cm³/mol. The first-order chi connectivity index (χ1) is 52.7. The van der Waals surface area contributed by atoms with Crippen LogP contribution in [0.2, 0.25) is 0 Å². The fourth-order valence-electron chi connectivity index (χ4n) is 9.96. The zero-order valence-corrected chi connectivity index (χ0v) is 68.5. The number of rotatable bonds is 74. The fourth-order valence-corrected chi connectivity index (χ4v) is 11.5. The Morgan fingerprint density at radius 2 is 0.500 bits per heavy atom. The number of ether oxygens (including phenoxy) is 4. The summed E-state index contributed by atoms with van der Waals surface area (Å²) < 4.78 is 68.5. The Hall–Kier alpha value is -6.10. The van der Waals surface area contributed by atoms with Gasteiger partial charge in [-0.1, -0.05) is 280 Å². The molecule has 17 nitrogen and oxygen atoms in total. The molecule has 0 aliphatic heterocycles. The molecule has 0 amide bonds. The monoisotopic (exact) mass is 1540 g/mol. The van der Waals surface area contributed by atoms with Crippen molar-refractivity contribution in [2.75, 3.05) is 39.6 Å². The second-order valence-electron chi connectivity index (χ2n) is 26.2. The van der Waals surface area contributed by atoms with Crippen LogP contribution in [0, 0.1) is 0 Å². The summed E-state index contributed by atoms with van der Waals surface area (Å²) in [5.41, 5.74) is 0. The third-order valence-corrected chi connectivity index (χ3v) is 17.9. The summed E-state index contributed by atoms with van der Waals surface area (Å²) in [6, 6.07) is 0. The third kappa shape index (κ3) is 78.0. The zero-order chi connectivity index (χ0) is 78.9. The Kier molecular flexibility index (Phi) is 74.5. The van der Waals surface area contributed by atoms with E-state index in [0.717, 1.165) is 154 Å². The molecule has 3 N–H and O–H groups in total. The molecule has 5 atom stereocenters. The molecule has 0 bridgehead atoms. The largest absolute Gasteiger partial charge is 0.472 e. The molecule has 0 heterocycles. The Morgan fingerprint density at radius 1 is 0.269 bits per heavy atom. The van der Waals surface area contributed by atoms with Gasteiger partial charge in [0.2, 0.25) is 0 Å². The summed E-state index contributed by atoms with van der Waals surface area (Å²) in [4.78, 5) is 73.1. The maximum atomic E-state index is 13.1. The zero-order valence-electron chi connectivity index (χ0n) is 66.7. The minimum Gasteiger partial charge on any atom is -0.462 e. The molecule has 0 aromatic heterocycles. The standard InChI is InChI=1S/C89H142O17P2/c1-5-9-13-17-21-25-29-33-37-39-41-43-47-49-53-57-61-65-69-73-86(91)99-79-84(105-88(93)75-71-67-63-59-55-51-45-35-31-27-23-19-15-11-7-3)81-103-107(95,96)101-77-83(90)78-102-108(97,98)104-82-85(106-89(94)76-72-68-64-60-56-52-46-36-32-28-24-20-16-12-8-4)80-100-87(92)74-70-66-62-58-54-50-48-44-42-40-38-34-30-26-22-18-14-10-6-2/h9-11,13-15,21-23,25-27,33-38,41-46,49-50,53-55,59,61,65,83-85,90H,5-8,12,16-20,24,28-32,39-40,47-48,51-52,56-58,60,62-64,66-82H2,1-4H3,(H,95,96)(H,97,98)/b13-9-,14-10-,15-11-,25-21-,26-22-,27-23-,37-33-,38-34-,43-41-,44-42-,45-35-,46-36-,53-49-,54-50-,59-55-,65-61-. The van der Waals surface area contributed by atoms with Gasteiger partial charge in [0.05, 0.1) is 26.4 Å². The van der Waals surface area contributed by atoms with E-state index in [1.807, 2.05) is 24.3 Å². The lowest BCUT2D eigenvalue weighted by Gasteiger charge is -2.21. The predicted octanol–water partition coefficient (Wildman–Crippen LogP) is 24.1. The van der Waals surface area contributed by atoms with Gasteiger partial charge in [-0.05, 0) is 173 Å². The van der Waals surface area contributed by atoms with E-state index in [1.165, 1.54) is 38.5 Å². The summed E-state index contributed by atoms with van der Waals surface area (Å²) in [6.45, 7) is 4.32. The van der Waals surface area contributed by atoms with Gasteiger partial charge >= 0.3 is 39.5 Å². The van der Waals surface area contributed by atoms with Gasteiger partial charge in [-0.3, -0.25) is 37.3 Å². The van der Waals surface area contributed by atoms with Gasteiger partial charge in [-0.2, -0.15) is 0 Å². The van der Waals surface area contributed by atoms with Gasteiger partial charge in [0.25, 0.3) is 0 Å². The first-order valence-corrected chi connectivity index (χ1v) is 43.7. The molecule has 0 aliphatic rings. The molecule has 0 aromatic rings. The topological polar surface area (TPSA) is 237 Å². The minimum atomic E-state index is -5.02. The van der Waals surface area contributed by atoms with Crippen LogP contribution in [0.25, 0.3) is 0 Å².